The third kappa shape index (κ3) is 3.00. The number of carbonyl (C=O) groups excluding carboxylic acids is 1. The van der Waals surface area contributed by atoms with Crippen molar-refractivity contribution in [2.24, 2.45) is 0 Å². The van der Waals surface area contributed by atoms with Gasteiger partial charge in [0, 0.05) is 31.5 Å². The van der Waals surface area contributed by atoms with Gasteiger partial charge in [0.05, 0.1) is 7.11 Å². The van der Waals surface area contributed by atoms with E-state index in [0.717, 1.165) is 5.56 Å². The Morgan fingerprint density at radius 2 is 1.90 bits per heavy atom. The van der Waals surface area contributed by atoms with Crippen molar-refractivity contribution in [3.05, 3.63) is 29.3 Å². The van der Waals surface area contributed by atoms with Gasteiger partial charge < -0.3 is 19.8 Å². The molecule has 2 rings (SSSR count). The number of carboxylic acid groups (broad SMARTS) is 1. The van der Waals surface area contributed by atoms with Crippen LogP contribution in [0.15, 0.2) is 18.2 Å². The maximum Gasteiger partial charge on any atom is 0.335 e. The molecule has 1 aliphatic rings. The van der Waals surface area contributed by atoms with E-state index in [2.05, 4.69) is 0 Å². The van der Waals surface area contributed by atoms with Gasteiger partial charge in [0.2, 0.25) is 0 Å². The van der Waals surface area contributed by atoms with Gasteiger partial charge in [-0.25, -0.2) is 4.79 Å². The second-order valence-corrected chi connectivity index (χ2v) is 5.31. The lowest BCUT2D eigenvalue weighted by Gasteiger charge is -2.35. The first-order chi connectivity index (χ1) is 9.87. The summed E-state index contributed by atoms with van der Waals surface area (Å²) in [5.41, 5.74) is -0.346. The second-order valence-electron chi connectivity index (χ2n) is 5.31. The number of amides is 1. The number of carbonyl (C=O) groups is 2. The number of ether oxygens (including phenoxy) is 1. The smallest absolute Gasteiger partial charge is 0.335 e. The van der Waals surface area contributed by atoms with Gasteiger partial charge in [-0.3, -0.25) is 4.79 Å². The highest BCUT2D eigenvalue weighted by Gasteiger charge is 2.40. The van der Waals surface area contributed by atoms with E-state index in [-0.39, 0.29) is 31.8 Å². The summed E-state index contributed by atoms with van der Waals surface area (Å²) < 4.78 is 5.11. The molecular formula is C15H19NO5. The van der Waals surface area contributed by atoms with Gasteiger partial charge in [0.25, 0.3) is 5.91 Å². The van der Waals surface area contributed by atoms with Crippen molar-refractivity contribution in [2.75, 3.05) is 20.2 Å². The molecule has 6 nitrogen and oxygen atoms in total. The lowest BCUT2D eigenvalue weighted by atomic mass is 9.91. The van der Waals surface area contributed by atoms with Crippen molar-refractivity contribution in [1.29, 1.82) is 0 Å². The molecule has 0 bridgehead atoms. The predicted molar refractivity (Wildman–Crippen MR) is 75.5 cm³/mol. The first kappa shape index (κ1) is 15.3. The Morgan fingerprint density at radius 3 is 2.38 bits per heavy atom. The second kappa shape index (κ2) is 5.73. The van der Waals surface area contributed by atoms with E-state index >= 15 is 0 Å². The average Bonchev–Trinajstić information content (AvgIpc) is 2.47. The number of piperidine rings is 1. The number of hydrogen-bond acceptors (Lipinski definition) is 4. The number of methoxy groups -OCH3 is 1. The van der Waals surface area contributed by atoms with Crippen LogP contribution in [0.4, 0.5) is 0 Å². The van der Waals surface area contributed by atoms with Crippen LogP contribution in [0.25, 0.3) is 0 Å². The minimum atomic E-state index is -1.72. The molecule has 0 radical (unpaired) electrons. The fourth-order valence-electron chi connectivity index (χ4n) is 2.47. The summed E-state index contributed by atoms with van der Waals surface area (Å²) in [4.78, 5) is 25.0. The predicted octanol–water partition coefficient (Wildman–Crippen LogP) is 1.06. The van der Waals surface area contributed by atoms with E-state index in [1.807, 2.05) is 6.92 Å². The number of likely N-dealkylation sites (tertiary alicyclic amines) is 1. The van der Waals surface area contributed by atoms with Crippen LogP contribution >= 0.6 is 0 Å². The lowest BCUT2D eigenvalue weighted by Crippen LogP contribution is -2.50. The molecule has 1 fully saturated rings. The van der Waals surface area contributed by atoms with Crippen molar-refractivity contribution in [2.45, 2.75) is 25.4 Å². The van der Waals surface area contributed by atoms with E-state index < -0.39 is 11.6 Å². The number of aliphatic hydroxyl groups is 1. The molecule has 1 aliphatic heterocycles. The van der Waals surface area contributed by atoms with Crippen LogP contribution in [0.5, 0.6) is 5.75 Å². The molecule has 1 amide bonds. The van der Waals surface area contributed by atoms with E-state index in [0.29, 0.717) is 11.3 Å². The summed E-state index contributed by atoms with van der Waals surface area (Å²) in [5, 5.41) is 18.9. The van der Waals surface area contributed by atoms with E-state index in [4.69, 9.17) is 9.84 Å². The standard InChI is InChI=1S/C15H19NO5/c1-10-9-11(21-2)3-4-12(10)13(17)16-7-5-15(20,6-8-16)14(18)19/h3-4,9,20H,5-8H2,1-2H3,(H,18,19). The van der Waals surface area contributed by atoms with Gasteiger partial charge in [0.1, 0.15) is 5.75 Å². The number of benzene rings is 1. The Kier molecular flexibility index (Phi) is 4.18. The summed E-state index contributed by atoms with van der Waals surface area (Å²) in [7, 11) is 1.56. The van der Waals surface area contributed by atoms with Crippen molar-refractivity contribution >= 4 is 11.9 Å². The van der Waals surface area contributed by atoms with Crippen LogP contribution in [0.3, 0.4) is 0 Å². The number of rotatable bonds is 3. The van der Waals surface area contributed by atoms with Crippen LogP contribution in [0.2, 0.25) is 0 Å². The number of hydrogen-bond donors (Lipinski definition) is 2. The molecule has 0 aromatic heterocycles. The van der Waals surface area contributed by atoms with Crippen LogP contribution in [0, 0.1) is 6.92 Å². The maximum absolute atomic E-state index is 12.5. The van der Waals surface area contributed by atoms with E-state index in [1.54, 1.807) is 30.2 Å². The molecule has 114 valence electrons. The Morgan fingerprint density at radius 1 is 1.29 bits per heavy atom. The Labute approximate surface area is 122 Å². The summed E-state index contributed by atoms with van der Waals surface area (Å²) in [5.74, 6) is -0.694. The molecule has 0 unspecified atom stereocenters. The highest BCUT2D eigenvalue weighted by molar-refractivity contribution is 5.96. The molecule has 1 heterocycles. The Balaban J connectivity index is 2.10. The number of nitrogens with zero attached hydrogens (tertiary/aromatic N) is 1. The summed E-state index contributed by atoms with van der Waals surface area (Å²) in [6.07, 6.45) is 0.0898. The lowest BCUT2D eigenvalue weighted by molar-refractivity contribution is -0.162. The van der Waals surface area contributed by atoms with Crippen molar-refractivity contribution in [1.82, 2.24) is 4.90 Å². The number of aryl methyl sites for hydroxylation is 1. The topological polar surface area (TPSA) is 87.1 Å². The van der Waals surface area contributed by atoms with Crippen LogP contribution in [-0.2, 0) is 4.79 Å². The maximum atomic E-state index is 12.5. The van der Waals surface area contributed by atoms with Gasteiger partial charge in [-0.05, 0) is 30.7 Å². The van der Waals surface area contributed by atoms with Crippen LogP contribution in [0.1, 0.15) is 28.8 Å². The molecule has 1 saturated heterocycles. The highest BCUT2D eigenvalue weighted by atomic mass is 16.5. The molecular weight excluding hydrogens is 274 g/mol. The van der Waals surface area contributed by atoms with Gasteiger partial charge in [-0.1, -0.05) is 0 Å². The quantitative estimate of drug-likeness (QED) is 0.870. The average molecular weight is 293 g/mol. The van der Waals surface area contributed by atoms with Crippen molar-refractivity contribution in [3.8, 4) is 5.75 Å². The SMILES string of the molecule is COc1ccc(C(=O)N2CCC(O)(C(=O)O)CC2)c(C)c1. The van der Waals surface area contributed by atoms with E-state index in [9.17, 15) is 14.7 Å². The zero-order valence-corrected chi connectivity index (χ0v) is 12.1. The molecule has 1 aromatic rings. The van der Waals surface area contributed by atoms with Crippen LogP contribution < -0.4 is 4.74 Å². The largest absolute Gasteiger partial charge is 0.497 e. The van der Waals surface area contributed by atoms with Crippen molar-refractivity contribution < 1.29 is 24.5 Å². The summed E-state index contributed by atoms with van der Waals surface area (Å²) >= 11 is 0. The molecule has 0 atom stereocenters. The molecule has 0 saturated carbocycles. The molecule has 0 aliphatic carbocycles. The number of carboxylic acids is 1. The molecule has 21 heavy (non-hydrogen) atoms. The van der Waals surface area contributed by atoms with Gasteiger partial charge >= 0.3 is 5.97 Å². The summed E-state index contributed by atoms with van der Waals surface area (Å²) in [6.45, 7) is 2.29. The van der Waals surface area contributed by atoms with Crippen molar-refractivity contribution in [3.63, 3.8) is 0 Å². The Hall–Kier alpha value is -2.08. The third-order valence-corrected chi connectivity index (χ3v) is 3.94. The number of aliphatic carboxylic acids is 1. The zero-order chi connectivity index (χ0) is 15.6. The highest BCUT2D eigenvalue weighted by Crippen LogP contribution is 2.25. The minimum absolute atomic E-state index is 0.0449. The summed E-state index contributed by atoms with van der Waals surface area (Å²) in [6, 6.07) is 5.21. The normalized spacial score (nSPS) is 17.4. The van der Waals surface area contributed by atoms with Gasteiger partial charge in [-0.2, -0.15) is 0 Å². The molecule has 2 N–H and O–H groups in total. The minimum Gasteiger partial charge on any atom is -0.497 e. The van der Waals surface area contributed by atoms with Crippen LogP contribution in [-0.4, -0.2) is 52.8 Å². The van der Waals surface area contributed by atoms with E-state index in [1.165, 1.54) is 0 Å². The van der Waals surface area contributed by atoms with Gasteiger partial charge in [-0.15, -0.1) is 0 Å². The Bertz CT molecular complexity index is 561. The molecule has 1 aromatic carbocycles. The first-order valence-corrected chi connectivity index (χ1v) is 6.77. The fourth-order valence-corrected chi connectivity index (χ4v) is 2.47. The monoisotopic (exact) mass is 293 g/mol. The van der Waals surface area contributed by atoms with Gasteiger partial charge in [0.15, 0.2) is 5.60 Å². The third-order valence-electron chi connectivity index (χ3n) is 3.94. The fraction of sp³-hybridized carbons (Fsp3) is 0.467. The molecule has 0 spiro atoms. The zero-order valence-electron chi connectivity index (χ0n) is 12.1. The molecule has 6 heteroatoms. The first-order valence-electron chi connectivity index (χ1n) is 6.77.